The van der Waals surface area contributed by atoms with E-state index < -0.39 is 12.6 Å². The molecule has 1 fully saturated rings. The fourth-order valence-electron chi connectivity index (χ4n) is 1.65. The van der Waals surface area contributed by atoms with Crippen LogP contribution in [0, 0.1) is 11.8 Å². The van der Waals surface area contributed by atoms with Gasteiger partial charge in [0.2, 0.25) is 0 Å². The third kappa shape index (κ3) is 3.52. The molecule has 2 nitrogen and oxygen atoms in total. The first-order chi connectivity index (χ1) is 5.94. The molecule has 78 valence electrons. The first kappa shape index (κ1) is 10.8. The van der Waals surface area contributed by atoms with Crippen LogP contribution in [-0.2, 0) is 0 Å². The molecular weight excluding hydrogens is 181 g/mol. The standard InChI is InChI=1S/C8H15F3N2/c1-5-4-6(5)7(13-12)2-3-8(9,10)11/h5-7,13H,2-4,12H2,1H3. The molecule has 0 aliphatic heterocycles. The van der Waals surface area contributed by atoms with E-state index in [-0.39, 0.29) is 12.5 Å². The summed E-state index contributed by atoms with van der Waals surface area (Å²) in [4.78, 5) is 0. The van der Waals surface area contributed by atoms with Crippen LogP contribution in [0.5, 0.6) is 0 Å². The number of hydrazine groups is 1. The normalized spacial score (nSPS) is 30.2. The van der Waals surface area contributed by atoms with E-state index in [4.69, 9.17) is 5.84 Å². The fourth-order valence-corrected chi connectivity index (χ4v) is 1.65. The minimum Gasteiger partial charge on any atom is -0.271 e. The van der Waals surface area contributed by atoms with Crippen molar-refractivity contribution in [3.8, 4) is 0 Å². The Labute approximate surface area is 75.6 Å². The minimum absolute atomic E-state index is 0.0923. The lowest BCUT2D eigenvalue weighted by molar-refractivity contribution is -0.136. The Morgan fingerprint density at radius 1 is 1.54 bits per heavy atom. The summed E-state index contributed by atoms with van der Waals surface area (Å²) >= 11 is 0. The number of hydrogen-bond donors (Lipinski definition) is 2. The third-order valence-electron chi connectivity index (χ3n) is 2.64. The van der Waals surface area contributed by atoms with Crippen LogP contribution in [0.3, 0.4) is 0 Å². The predicted octanol–water partition coefficient (Wildman–Crippen LogP) is 1.82. The van der Waals surface area contributed by atoms with E-state index in [9.17, 15) is 13.2 Å². The van der Waals surface area contributed by atoms with Gasteiger partial charge in [0.25, 0.3) is 0 Å². The summed E-state index contributed by atoms with van der Waals surface area (Å²) in [6.07, 6.45) is -3.72. The lowest BCUT2D eigenvalue weighted by Gasteiger charge is -2.16. The molecule has 0 spiro atoms. The van der Waals surface area contributed by atoms with Gasteiger partial charge in [0.1, 0.15) is 0 Å². The molecule has 0 aromatic rings. The molecule has 0 saturated heterocycles. The molecule has 5 heteroatoms. The van der Waals surface area contributed by atoms with Gasteiger partial charge in [-0.05, 0) is 24.7 Å². The van der Waals surface area contributed by atoms with Crippen LogP contribution < -0.4 is 11.3 Å². The van der Waals surface area contributed by atoms with Gasteiger partial charge in [0.15, 0.2) is 0 Å². The van der Waals surface area contributed by atoms with Crippen molar-refractivity contribution in [2.24, 2.45) is 17.7 Å². The van der Waals surface area contributed by atoms with Crippen LogP contribution in [-0.4, -0.2) is 12.2 Å². The molecule has 0 aromatic heterocycles. The zero-order chi connectivity index (χ0) is 10.1. The molecule has 0 bridgehead atoms. The molecule has 3 unspecified atom stereocenters. The van der Waals surface area contributed by atoms with Crippen molar-refractivity contribution < 1.29 is 13.2 Å². The largest absolute Gasteiger partial charge is 0.389 e. The van der Waals surface area contributed by atoms with Gasteiger partial charge in [-0.15, -0.1) is 0 Å². The molecule has 0 radical (unpaired) electrons. The van der Waals surface area contributed by atoms with Crippen molar-refractivity contribution in [3.05, 3.63) is 0 Å². The van der Waals surface area contributed by atoms with Gasteiger partial charge in [-0.1, -0.05) is 6.92 Å². The van der Waals surface area contributed by atoms with E-state index in [0.29, 0.717) is 11.8 Å². The van der Waals surface area contributed by atoms with Crippen LogP contribution in [0.15, 0.2) is 0 Å². The summed E-state index contributed by atoms with van der Waals surface area (Å²) < 4.78 is 35.6. The molecule has 0 amide bonds. The van der Waals surface area contributed by atoms with Crippen LogP contribution >= 0.6 is 0 Å². The smallest absolute Gasteiger partial charge is 0.271 e. The second-order valence-corrected chi connectivity index (χ2v) is 3.80. The fraction of sp³-hybridized carbons (Fsp3) is 1.00. The second-order valence-electron chi connectivity index (χ2n) is 3.80. The number of nitrogens with one attached hydrogen (secondary N) is 1. The van der Waals surface area contributed by atoms with Gasteiger partial charge in [-0.3, -0.25) is 11.3 Å². The Balaban J connectivity index is 2.25. The van der Waals surface area contributed by atoms with Crippen LogP contribution in [0.1, 0.15) is 26.2 Å². The molecular formula is C8H15F3N2. The Morgan fingerprint density at radius 2 is 2.08 bits per heavy atom. The molecule has 1 rings (SSSR count). The Bertz CT molecular complexity index is 169. The van der Waals surface area contributed by atoms with Crippen molar-refractivity contribution in [1.29, 1.82) is 0 Å². The third-order valence-corrected chi connectivity index (χ3v) is 2.64. The van der Waals surface area contributed by atoms with Crippen molar-refractivity contribution in [2.75, 3.05) is 0 Å². The molecule has 0 aromatic carbocycles. The molecule has 0 heterocycles. The van der Waals surface area contributed by atoms with E-state index in [1.165, 1.54) is 0 Å². The number of alkyl halides is 3. The van der Waals surface area contributed by atoms with E-state index in [1.54, 1.807) is 0 Å². The average Bonchev–Trinajstić information content (AvgIpc) is 2.66. The first-order valence-corrected chi connectivity index (χ1v) is 4.47. The Hall–Kier alpha value is -0.290. The lowest BCUT2D eigenvalue weighted by atomic mass is 10.1. The highest BCUT2D eigenvalue weighted by Crippen LogP contribution is 2.42. The number of rotatable bonds is 4. The van der Waals surface area contributed by atoms with Crippen molar-refractivity contribution in [1.82, 2.24) is 5.43 Å². The summed E-state index contributed by atoms with van der Waals surface area (Å²) in [5, 5.41) is 0. The SMILES string of the molecule is CC1CC1C(CCC(F)(F)F)NN. The second kappa shape index (κ2) is 3.84. The number of hydrogen-bond acceptors (Lipinski definition) is 2. The van der Waals surface area contributed by atoms with Gasteiger partial charge < -0.3 is 0 Å². The van der Waals surface area contributed by atoms with Gasteiger partial charge in [0, 0.05) is 12.5 Å². The zero-order valence-electron chi connectivity index (χ0n) is 7.56. The van der Waals surface area contributed by atoms with Gasteiger partial charge >= 0.3 is 6.18 Å². The highest BCUT2D eigenvalue weighted by Gasteiger charge is 2.40. The van der Waals surface area contributed by atoms with Gasteiger partial charge in [-0.2, -0.15) is 13.2 Å². The summed E-state index contributed by atoms with van der Waals surface area (Å²) in [6.45, 7) is 2.03. The first-order valence-electron chi connectivity index (χ1n) is 4.47. The van der Waals surface area contributed by atoms with Crippen molar-refractivity contribution in [2.45, 2.75) is 38.4 Å². The van der Waals surface area contributed by atoms with Crippen molar-refractivity contribution >= 4 is 0 Å². The topological polar surface area (TPSA) is 38.0 Å². The molecule has 1 saturated carbocycles. The highest BCUT2D eigenvalue weighted by atomic mass is 19.4. The summed E-state index contributed by atoms with van der Waals surface area (Å²) in [7, 11) is 0. The van der Waals surface area contributed by atoms with Crippen molar-refractivity contribution in [3.63, 3.8) is 0 Å². The molecule has 1 aliphatic rings. The zero-order valence-corrected chi connectivity index (χ0v) is 7.56. The highest BCUT2D eigenvalue weighted by molar-refractivity contribution is 4.91. The maximum atomic E-state index is 11.9. The number of halogens is 3. The lowest BCUT2D eigenvalue weighted by Crippen LogP contribution is -2.38. The summed E-state index contributed by atoms with van der Waals surface area (Å²) in [6, 6.07) is -0.170. The molecule has 3 atom stereocenters. The quantitative estimate of drug-likeness (QED) is 0.531. The Morgan fingerprint density at radius 3 is 2.38 bits per heavy atom. The maximum Gasteiger partial charge on any atom is 0.389 e. The van der Waals surface area contributed by atoms with Gasteiger partial charge in [0.05, 0.1) is 0 Å². The van der Waals surface area contributed by atoms with E-state index in [2.05, 4.69) is 5.43 Å². The summed E-state index contributed by atoms with van der Waals surface area (Å²) in [5.41, 5.74) is 2.47. The Kier molecular flexibility index (Phi) is 3.18. The molecule has 13 heavy (non-hydrogen) atoms. The maximum absolute atomic E-state index is 11.9. The minimum atomic E-state index is -4.06. The summed E-state index contributed by atoms with van der Waals surface area (Å²) in [5.74, 6) is 6.05. The van der Waals surface area contributed by atoms with Crippen LogP contribution in [0.25, 0.3) is 0 Å². The van der Waals surface area contributed by atoms with E-state index in [0.717, 1.165) is 6.42 Å². The molecule has 3 N–H and O–H groups in total. The monoisotopic (exact) mass is 196 g/mol. The predicted molar refractivity (Wildman–Crippen MR) is 43.7 cm³/mol. The van der Waals surface area contributed by atoms with E-state index in [1.807, 2.05) is 6.92 Å². The average molecular weight is 196 g/mol. The number of nitrogens with two attached hydrogens (primary N) is 1. The van der Waals surface area contributed by atoms with Crippen LogP contribution in [0.2, 0.25) is 0 Å². The van der Waals surface area contributed by atoms with Gasteiger partial charge in [-0.25, -0.2) is 0 Å². The van der Waals surface area contributed by atoms with E-state index >= 15 is 0 Å². The molecule has 1 aliphatic carbocycles. The van der Waals surface area contributed by atoms with Crippen LogP contribution in [0.4, 0.5) is 13.2 Å².